The molecule has 0 N–H and O–H groups in total. The van der Waals surface area contributed by atoms with Gasteiger partial charge in [-0.1, -0.05) is 11.6 Å². The van der Waals surface area contributed by atoms with Crippen molar-refractivity contribution in [1.29, 1.82) is 5.26 Å². The molecule has 1 aromatic heterocycles. The zero-order chi connectivity index (χ0) is 13.3. The summed E-state index contributed by atoms with van der Waals surface area (Å²) >= 11 is 5.98. The second kappa shape index (κ2) is 4.75. The van der Waals surface area contributed by atoms with Crippen LogP contribution in [0, 0.1) is 31.0 Å². The third kappa shape index (κ3) is 2.07. The number of nitrogens with zero attached hydrogens (tertiary/aromatic N) is 2. The van der Waals surface area contributed by atoms with Gasteiger partial charge in [-0.25, -0.2) is 9.37 Å². The average molecular weight is 261 g/mol. The van der Waals surface area contributed by atoms with Crippen molar-refractivity contribution < 1.29 is 4.39 Å². The fourth-order valence-corrected chi connectivity index (χ4v) is 2.05. The maximum atomic E-state index is 12.9. The van der Waals surface area contributed by atoms with Crippen LogP contribution >= 0.6 is 11.6 Å². The summed E-state index contributed by atoms with van der Waals surface area (Å²) in [7, 11) is 0. The third-order valence-corrected chi connectivity index (χ3v) is 3.21. The van der Waals surface area contributed by atoms with E-state index in [0.717, 1.165) is 16.7 Å². The fourth-order valence-electron chi connectivity index (χ4n) is 1.78. The summed E-state index contributed by atoms with van der Waals surface area (Å²) in [5.41, 5.74) is 3.53. The Bertz CT molecular complexity index is 642. The monoisotopic (exact) mass is 260 g/mol. The Labute approximate surface area is 110 Å². The van der Waals surface area contributed by atoms with Gasteiger partial charge >= 0.3 is 0 Å². The lowest BCUT2D eigenvalue weighted by Gasteiger charge is -2.10. The highest BCUT2D eigenvalue weighted by molar-refractivity contribution is 6.30. The predicted molar refractivity (Wildman–Crippen MR) is 68.8 cm³/mol. The topological polar surface area (TPSA) is 36.7 Å². The number of hydrogen-bond acceptors (Lipinski definition) is 2. The molecule has 4 heteroatoms. The summed E-state index contributed by atoms with van der Waals surface area (Å²) in [6, 6.07) is 8.07. The number of pyridine rings is 1. The zero-order valence-electron chi connectivity index (χ0n) is 9.96. The standard InChI is InChI=1S/C14H10ClFN2/c1-8-9(2)13(18-14(15)12(8)7-17)10-3-5-11(16)6-4-10/h3-6H,1-2H3. The molecule has 0 bridgehead atoms. The highest BCUT2D eigenvalue weighted by Gasteiger charge is 2.14. The van der Waals surface area contributed by atoms with Crippen LogP contribution in [0.2, 0.25) is 5.15 Å². The number of halogens is 2. The van der Waals surface area contributed by atoms with E-state index >= 15 is 0 Å². The number of rotatable bonds is 1. The van der Waals surface area contributed by atoms with Crippen molar-refractivity contribution in [2.75, 3.05) is 0 Å². The van der Waals surface area contributed by atoms with E-state index in [-0.39, 0.29) is 11.0 Å². The molecule has 0 radical (unpaired) electrons. The number of aromatic nitrogens is 1. The predicted octanol–water partition coefficient (Wildman–Crippen LogP) is 4.03. The van der Waals surface area contributed by atoms with E-state index in [9.17, 15) is 4.39 Å². The Hall–Kier alpha value is -1.92. The Morgan fingerprint density at radius 2 is 1.78 bits per heavy atom. The van der Waals surface area contributed by atoms with Gasteiger partial charge in [0.05, 0.1) is 11.3 Å². The summed E-state index contributed by atoms with van der Waals surface area (Å²) in [5.74, 6) is -0.298. The summed E-state index contributed by atoms with van der Waals surface area (Å²) in [5, 5.41) is 9.18. The molecule has 0 aliphatic heterocycles. The summed E-state index contributed by atoms with van der Waals surface area (Å²) < 4.78 is 12.9. The van der Waals surface area contributed by atoms with Crippen LogP contribution in [0.15, 0.2) is 24.3 Å². The average Bonchev–Trinajstić information content (AvgIpc) is 2.36. The normalized spacial score (nSPS) is 10.2. The molecule has 0 saturated carbocycles. The van der Waals surface area contributed by atoms with Crippen LogP contribution in [-0.4, -0.2) is 4.98 Å². The van der Waals surface area contributed by atoms with Gasteiger partial charge in [-0.2, -0.15) is 5.26 Å². The van der Waals surface area contributed by atoms with Crippen LogP contribution < -0.4 is 0 Å². The molecular formula is C14H10ClFN2. The lowest BCUT2D eigenvalue weighted by Crippen LogP contribution is -1.97. The molecule has 0 atom stereocenters. The first-order valence-electron chi connectivity index (χ1n) is 5.37. The van der Waals surface area contributed by atoms with Crippen molar-refractivity contribution in [3.8, 4) is 17.3 Å². The Kier molecular flexibility index (Phi) is 3.31. The molecule has 0 saturated heterocycles. The van der Waals surface area contributed by atoms with Crippen molar-refractivity contribution >= 4 is 11.6 Å². The number of benzene rings is 1. The zero-order valence-corrected chi connectivity index (χ0v) is 10.7. The van der Waals surface area contributed by atoms with Crippen LogP contribution in [0.5, 0.6) is 0 Å². The van der Waals surface area contributed by atoms with Gasteiger partial charge < -0.3 is 0 Å². The summed E-state index contributed by atoms with van der Waals surface area (Å²) in [6.07, 6.45) is 0. The minimum atomic E-state index is -0.298. The first-order chi connectivity index (χ1) is 8.54. The molecule has 2 nitrogen and oxygen atoms in total. The molecule has 0 amide bonds. The summed E-state index contributed by atoms with van der Waals surface area (Å²) in [4.78, 5) is 4.22. The number of nitriles is 1. The minimum Gasteiger partial charge on any atom is -0.234 e. The van der Waals surface area contributed by atoms with Crippen LogP contribution in [-0.2, 0) is 0 Å². The fraction of sp³-hybridized carbons (Fsp3) is 0.143. The van der Waals surface area contributed by atoms with Crippen LogP contribution in [0.25, 0.3) is 11.3 Å². The summed E-state index contributed by atoms with van der Waals surface area (Å²) in [6.45, 7) is 3.70. The van der Waals surface area contributed by atoms with E-state index in [1.807, 2.05) is 19.9 Å². The van der Waals surface area contributed by atoms with Gasteiger partial charge in [0.2, 0.25) is 0 Å². The third-order valence-electron chi connectivity index (χ3n) is 2.94. The van der Waals surface area contributed by atoms with Gasteiger partial charge in [0, 0.05) is 5.56 Å². The van der Waals surface area contributed by atoms with Crippen molar-refractivity contribution in [3.63, 3.8) is 0 Å². The maximum Gasteiger partial charge on any atom is 0.147 e. The van der Waals surface area contributed by atoms with E-state index in [0.29, 0.717) is 11.3 Å². The van der Waals surface area contributed by atoms with E-state index < -0.39 is 0 Å². The minimum absolute atomic E-state index is 0.180. The molecule has 90 valence electrons. The van der Waals surface area contributed by atoms with Crippen molar-refractivity contribution in [2.24, 2.45) is 0 Å². The largest absolute Gasteiger partial charge is 0.234 e. The Morgan fingerprint density at radius 1 is 1.17 bits per heavy atom. The van der Waals surface area contributed by atoms with Crippen LogP contribution in [0.4, 0.5) is 4.39 Å². The Balaban J connectivity index is 2.67. The highest BCUT2D eigenvalue weighted by atomic mass is 35.5. The van der Waals surface area contributed by atoms with Crippen molar-refractivity contribution in [1.82, 2.24) is 4.98 Å². The van der Waals surface area contributed by atoms with Crippen molar-refractivity contribution in [2.45, 2.75) is 13.8 Å². The van der Waals surface area contributed by atoms with Gasteiger partial charge in [-0.15, -0.1) is 0 Å². The molecule has 2 aromatic rings. The van der Waals surface area contributed by atoms with Gasteiger partial charge in [-0.3, -0.25) is 0 Å². The number of hydrogen-bond donors (Lipinski definition) is 0. The van der Waals surface area contributed by atoms with Crippen LogP contribution in [0.1, 0.15) is 16.7 Å². The molecule has 1 heterocycles. The molecule has 1 aromatic carbocycles. The second-order valence-corrected chi connectivity index (χ2v) is 4.35. The highest BCUT2D eigenvalue weighted by Crippen LogP contribution is 2.29. The lowest BCUT2D eigenvalue weighted by atomic mass is 10.00. The quantitative estimate of drug-likeness (QED) is 0.726. The van der Waals surface area contributed by atoms with E-state index in [4.69, 9.17) is 16.9 Å². The van der Waals surface area contributed by atoms with Gasteiger partial charge in [0.1, 0.15) is 17.0 Å². The molecule has 0 unspecified atom stereocenters. The molecule has 0 aliphatic carbocycles. The molecule has 2 rings (SSSR count). The van der Waals surface area contributed by atoms with Crippen LogP contribution in [0.3, 0.4) is 0 Å². The lowest BCUT2D eigenvalue weighted by molar-refractivity contribution is 0.628. The SMILES string of the molecule is Cc1c(-c2ccc(F)cc2)nc(Cl)c(C#N)c1C. The molecule has 0 spiro atoms. The first kappa shape index (κ1) is 12.5. The maximum absolute atomic E-state index is 12.9. The molecular weight excluding hydrogens is 251 g/mol. The van der Waals surface area contributed by atoms with Gasteiger partial charge in [-0.05, 0) is 49.2 Å². The smallest absolute Gasteiger partial charge is 0.147 e. The first-order valence-corrected chi connectivity index (χ1v) is 5.75. The van der Waals surface area contributed by atoms with E-state index in [2.05, 4.69) is 4.98 Å². The molecule has 0 fully saturated rings. The molecule has 0 aliphatic rings. The van der Waals surface area contributed by atoms with Gasteiger partial charge in [0.15, 0.2) is 0 Å². The van der Waals surface area contributed by atoms with E-state index in [1.54, 1.807) is 12.1 Å². The Morgan fingerprint density at radius 3 is 2.33 bits per heavy atom. The van der Waals surface area contributed by atoms with Gasteiger partial charge in [0.25, 0.3) is 0 Å². The van der Waals surface area contributed by atoms with Crippen molar-refractivity contribution in [3.05, 3.63) is 51.9 Å². The van der Waals surface area contributed by atoms with E-state index in [1.165, 1.54) is 12.1 Å². The second-order valence-electron chi connectivity index (χ2n) is 3.99. The molecule has 18 heavy (non-hydrogen) atoms.